The van der Waals surface area contributed by atoms with Crippen LogP contribution in [-0.2, 0) is 4.79 Å². The molecule has 0 radical (unpaired) electrons. The number of fused-ring (bicyclic) bond motifs is 5. The third-order valence-electron chi connectivity index (χ3n) is 7.37. The summed E-state index contributed by atoms with van der Waals surface area (Å²) >= 11 is 0. The van der Waals surface area contributed by atoms with Crippen molar-refractivity contribution < 1.29 is 18.8 Å². The number of carbonyl (C=O) groups excluding carboxylic acids is 3. The molecule has 2 heterocycles. The van der Waals surface area contributed by atoms with Crippen LogP contribution in [0, 0.1) is 11.2 Å². The van der Waals surface area contributed by atoms with Gasteiger partial charge in [0.15, 0.2) is 17.3 Å². The molecule has 1 aliphatic carbocycles. The van der Waals surface area contributed by atoms with Crippen molar-refractivity contribution in [1.29, 1.82) is 0 Å². The van der Waals surface area contributed by atoms with Crippen molar-refractivity contribution in [2.24, 2.45) is 5.41 Å². The summed E-state index contributed by atoms with van der Waals surface area (Å²) in [6.45, 7) is 1.45. The highest BCUT2D eigenvalue weighted by atomic mass is 19.1. The third kappa shape index (κ3) is 2.37. The minimum absolute atomic E-state index is 0.215. The second-order valence-electron chi connectivity index (χ2n) is 8.90. The molecule has 0 saturated carbocycles. The van der Waals surface area contributed by atoms with E-state index in [1.807, 2.05) is 41.3 Å². The van der Waals surface area contributed by atoms with Gasteiger partial charge in [0.05, 0.1) is 12.1 Å². The Morgan fingerprint density at radius 1 is 0.879 bits per heavy atom. The lowest BCUT2D eigenvalue weighted by Crippen LogP contribution is -2.48. The summed E-state index contributed by atoms with van der Waals surface area (Å²) in [6, 6.07) is 18.9. The van der Waals surface area contributed by atoms with Gasteiger partial charge in [-0.3, -0.25) is 14.4 Å². The van der Waals surface area contributed by atoms with Crippen molar-refractivity contribution in [2.45, 2.75) is 24.9 Å². The third-order valence-corrected chi connectivity index (χ3v) is 7.37. The van der Waals surface area contributed by atoms with E-state index in [9.17, 15) is 14.4 Å². The number of halogens is 1. The molecule has 3 unspecified atom stereocenters. The van der Waals surface area contributed by atoms with E-state index in [2.05, 4.69) is 0 Å². The molecule has 0 N–H and O–H groups in total. The zero-order valence-electron chi connectivity index (χ0n) is 17.9. The summed E-state index contributed by atoms with van der Waals surface area (Å²) in [5.41, 5.74) is 0.902. The van der Waals surface area contributed by atoms with Crippen molar-refractivity contribution in [3.05, 3.63) is 107 Å². The molecule has 0 bridgehead atoms. The number of hydrogen-bond acceptors (Lipinski definition) is 4. The van der Waals surface area contributed by atoms with Crippen LogP contribution in [0.2, 0.25) is 0 Å². The molecule has 0 aromatic heterocycles. The highest BCUT2D eigenvalue weighted by molar-refractivity contribution is 6.32. The van der Waals surface area contributed by atoms with Crippen LogP contribution >= 0.6 is 0 Å². The number of anilines is 1. The molecular formula is C28H20FNO3. The van der Waals surface area contributed by atoms with Gasteiger partial charge < -0.3 is 4.90 Å². The zero-order valence-corrected chi connectivity index (χ0v) is 17.9. The molecule has 162 valence electrons. The Balaban J connectivity index is 1.71. The van der Waals surface area contributed by atoms with Gasteiger partial charge in [-0.25, -0.2) is 4.39 Å². The number of benzene rings is 3. The molecule has 2 aliphatic heterocycles. The molecule has 3 aromatic carbocycles. The van der Waals surface area contributed by atoms with E-state index in [-0.39, 0.29) is 22.9 Å². The summed E-state index contributed by atoms with van der Waals surface area (Å²) in [5, 5.41) is 0. The largest absolute Gasteiger partial charge is 0.352 e. The van der Waals surface area contributed by atoms with Gasteiger partial charge in [0.1, 0.15) is 11.2 Å². The van der Waals surface area contributed by atoms with Gasteiger partial charge in [0, 0.05) is 22.7 Å². The van der Waals surface area contributed by atoms with E-state index in [0.29, 0.717) is 11.1 Å². The molecule has 5 heteroatoms. The lowest BCUT2D eigenvalue weighted by atomic mass is 9.64. The van der Waals surface area contributed by atoms with Crippen LogP contribution in [-0.4, -0.2) is 29.4 Å². The van der Waals surface area contributed by atoms with Crippen LogP contribution in [0.1, 0.15) is 44.7 Å². The first-order valence-corrected chi connectivity index (χ1v) is 11.0. The van der Waals surface area contributed by atoms with Gasteiger partial charge in [-0.2, -0.15) is 0 Å². The molecule has 3 aliphatic rings. The van der Waals surface area contributed by atoms with Gasteiger partial charge in [0.25, 0.3) is 0 Å². The predicted octanol–water partition coefficient (Wildman–Crippen LogP) is 4.85. The quantitative estimate of drug-likeness (QED) is 0.538. The molecule has 3 atom stereocenters. The molecule has 33 heavy (non-hydrogen) atoms. The molecule has 1 spiro atoms. The Bertz CT molecular complexity index is 1360. The van der Waals surface area contributed by atoms with Gasteiger partial charge in [-0.1, -0.05) is 72.8 Å². The zero-order chi connectivity index (χ0) is 22.9. The minimum atomic E-state index is -1.63. The summed E-state index contributed by atoms with van der Waals surface area (Å²) in [6.07, 6.45) is 3.73. The molecule has 3 aromatic rings. The maximum Gasteiger partial charge on any atom is 0.180 e. The SMILES string of the molecule is CC(=O)C1C(c2ccccc2F)C2(C(=O)c3ccccc3C2=O)C2C=Cc3ccccc3N12. The second-order valence-corrected chi connectivity index (χ2v) is 8.90. The first-order valence-electron chi connectivity index (χ1n) is 11.0. The average molecular weight is 437 g/mol. The van der Waals surface area contributed by atoms with E-state index in [4.69, 9.17) is 0 Å². The van der Waals surface area contributed by atoms with Crippen LogP contribution in [0.25, 0.3) is 6.08 Å². The number of hydrogen-bond donors (Lipinski definition) is 0. The normalized spacial score (nSPS) is 24.1. The Kier molecular flexibility index (Phi) is 4.09. The summed E-state index contributed by atoms with van der Waals surface area (Å²) in [5.74, 6) is -2.41. The molecule has 1 saturated heterocycles. The Hall–Kier alpha value is -3.86. The minimum Gasteiger partial charge on any atom is -0.352 e. The highest BCUT2D eigenvalue weighted by Crippen LogP contribution is 2.60. The van der Waals surface area contributed by atoms with Crippen LogP contribution in [0.4, 0.5) is 10.1 Å². The molecule has 0 amide bonds. The molecular weight excluding hydrogens is 417 g/mol. The van der Waals surface area contributed by atoms with E-state index in [1.54, 1.807) is 42.5 Å². The van der Waals surface area contributed by atoms with Gasteiger partial charge in [-0.15, -0.1) is 0 Å². The monoisotopic (exact) mass is 437 g/mol. The molecule has 6 rings (SSSR count). The van der Waals surface area contributed by atoms with Crippen molar-refractivity contribution in [3.8, 4) is 0 Å². The fourth-order valence-corrected chi connectivity index (χ4v) is 6.14. The first kappa shape index (κ1) is 19.8. The van der Waals surface area contributed by atoms with Gasteiger partial charge in [0.2, 0.25) is 0 Å². The Morgan fingerprint density at radius 3 is 2.15 bits per heavy atom. The number of Topliss-reactive ketones (excluding diaryl/α,β-unsaturated/α-hetero) is 3. The van der Waals surface area contributed by atoms with Crippen LogP contribution in [0.5, 0.6) is 0 Å². The number of rotatable bonds is 2. The topological polar surface area (TPSA) is 54.5 Å². The van der Waals surface area contributed by atoms with Crippen molar-refractivity contribution in [2.75, 3.05) is 4.90 Å². The molecule has 4 nitrogen and oxygen atoms in total. The van der Waals surface area contributed by atoms with Crippen LogP contribution in [0.15, 0.2) is 78.9 Å². The number of para-hydroxylation sites is 1. The van der Waals surface area contributed by atoms with Crippen molar-refractivity contribution in [1.82, 2.24) is 0 Å². The van der Waals surface area contributed by atoms with Crippen molar-refractivity contribution >= 4 is 29.1 Å². The average Bonchev–Trinajstić information content (AvgIpc) is 3.26. The lowest BCUT2D eigenvalue weighted by Gasteiger charge is -2.37. The number of ketones is 3. The number of carbonyl (C=O) groups is 3. The fraction of sp³-hybridized carbons (Fsp3) is 0.179. The van der Waals surface area contributed by atoms with Gasteiger partial charge in [-0.05, 0) is 30.2 Å². The Labute approximate surface area is 190 Å². The summed E-state index contributed by atoms with van der Waals surface area (Å²) in [4.78, 5) is 43.4. The Morgan fingerprint density at radius 2 is 1.48 bits per heavy atom. The maximum absolute atomic E-state index is 15.3. The van der Waals surface area contributed by atoms with Crippen LogP contribution in [0.3, 0.4) is 0 Å². The summed E-state index contributed by atoms with van der Waals surface area (Å²) in [7, 11) is 0. The lowest BCUT2D eigenvalue weighted by molar-refractivity contribution is -0.118. The van der Waals surface area contributed by atoms with Crippen LogP contribution < -0.4 is 4.90 Å². The van der Waals surface area contributed by atoms with E-state index in [1.165, 1.54) is 13.0 Å². The van der Waals surface area contributed by atoms with E-state index in [0.717, 1.165) is 11.3 Å². The first-order chi connectivity index (χ1) is 16.0. The maximum atomic E-state index is 15.3. The predicted molar refractivity (Wildman–Crippen MR) is 123 cm³/mol. The smallest absolute Gasteiger partial charge is 0.180 e. The highest BCUT2D eigenvalue weighted by Gasteiger charge is 2.71. The standard InChI is InChI=1S/C28H20FNO3/c1-16(31)25-24(20-11-5-6-12-21(20)29)28(26(32)18-9-3-4-10-19(18)27(28)33)23-15-14-17-8-2-7-13-22(17)30(23)25/h2-15,23-25H,1H3. The second kappa shape index (κ2) is 6.82. The fourth-order valence-electron chi connectivity index (χ4n) is 6.14. The van der Waals surface area contributed by atoms with E-state index < -0.39 is 29.2 Å². The van der Waals surface area contributed by atoms with Crippen molar-refractivity contribution in [3.63, 3.8) is 0 Å². The molecule has 1 fully saturated rings. The summed E-state index contributed by atoms with van der Waals surface area (Å²) < 4.78 is 15.3. The number of nitrogens with zero attached hydrogens (tertiary/aromatic N) is 1. The van der Waals surface area contributed by atoms with Gasteiger partial charge >= 0.3 is 0 Å². The van der Waals surface area contributed by atoms with E-state index >= 15 is 4.39 Å².